The highest BCUT2D eigenvalue weighted by Crippen LogP contribution is 2.14. The van der Waals surface area contributed by atoms with Crippen LogP contribution in [0.3, 0.4) is 0 Å². The van der Waals surface area contributed by atoms with Gasteiger partial charge in [-0.15, -0.1) is 0 Å². The molecule has 0 heterocycles. The second kappa shape index (κ2) is 6.78. The number of nitrogens with zero attached hydrogens (tertiary/aromatic N) is 1. The summed E-state index contributed by atoms with van der Waals surface area (Å²) in [7, 11) is 3.78. The smallest absolute Gasteiger partial charge is 0.338 e. The van der Waals surface area contributed by atoms with Crippen molar-refractivity contribution in [2.24, 2.45) is 0 Å². The first-order valence-electron chi connectivity index (χ1n) is 6.21. The van der Waals surface area contributed by atoms with Gasteiger partial charge in [-0.3, -0.25) is 4.79 Å². The molecule has 1 aromatic carbocycles. The van der Waals surface area contributed by atoms with E-state index in [1.807, 2.05) is 32.0 Å². The largest absolute Gasteiger partial charge is 0.449 e. The number of carbonyl (C=O) groups is 2. The number of nitrogens with one attached hydrogen (secondary N) is 1. The van der Waals surface area contributed by atoms with Crippen LogP contribution in [-0.2, 0) is 9.53 Å². The van der Waals surface area contributed by atoms with E-state index in [4.69, 9.17) is 4.74 Å². The van der Waals surface area contributed by atoms with Crippen molar-refractivity contribution in [1.82, 2.24) is 5.32 Å². The molecule has 5 heteroatoms. The number of anilines is 1. The van der Waals surface area contributed by atoms with Gasteiger partial charge in [0.1, 0.15) is 0 Å². The van der Waals surface area contributed by atoms with Crippen LogP contribution in [0.15, 0.2) is 24.3 Å². The summed E-state index contributed by atoms with van der Waals surface area (Å²) in [5.41, 5.74) is 1.34. The van der Waals surface area contributed by atoms with Gasteiger partial charge in [-0.1, -0.05) is 6.07 Å². The molecule has 1 N–H and O–H groups in total. The van der Waals surface area contributed by atoms with Crippen LogP contribution in [0.1, 0.15) is 24.2 Å². The number of likely N-dealkylation sites (N-methyl/N-ethyl adjacent to an activating group) is 1. The molecule has 5 nitrogen and oxygen atoms in total. The van der Waals surface area contributed by atoms with Gasteiger partial charge >= 0.3 is 5.97 Å². The minimum absolute atomic E-state index is 0.292. The molecule has 0 fully saturated rings. The minimum Gasteiger partial charge on any atom is -0.449 e. The van der Waals surface area contributed by atoms with Crippen LogP contribution in [0.5, 0.6) is 0 Å². The van der Waals surface area contributed by atoms with E-state index in [0.29, 0.717) is 12.1 Å². The monoisotopic (exact) mass is 264 g/mol. The molecule has 0 aromatic heterocycles. The molecule has 0 spiro atoms. The average Bonchev–Trinajstić information content (AvgIpc) is 2.39. The van der Waals surface area contributed by atoms with Gasteiger partial charge in [-0.05, 0) is 32.0 Å². The molecule has 0 saturated heterocycles. The van der Waals surface area contributed by atoms with Gasteiger partial charge in [0.2, 0.25) is 0 Å². The quantitative estimate of drug-likeness (QED) is 0.817. The summed E-state index contributed by atoms with van der Waals surface area (Å²) in [4.78, 5) is 25.3. The molecule has 0 unspecified atom stereocenters. The zero-order valence-corrected chi connectivity index (χ0v) is 11.8. The highest BCUT2D eigenvalue weighted by atomic mass is 16.5. The van der Waals surface area contributed by atoms with E-state index >= 15 is 0 Å². The maximum absolute atomic E-state index is 11.9. The summed E-state index contributed by atoms with van der Waals surface area (Å²) in [5.74, 6) is -0.790. The Morgan fingerprint density at radius 1 is 1.37 bits per heavy atom. The third-order valence-corrected chi connectivity index (χ3v) is 2.60. The molecule has 1 rings (SSSR count). The molecule has 104 valence electrons. The maximum Gasteiger partial charge on any atom is 0.338 e. The third kappa shape index (κ3) is 4.28. The third-order valence-electron chi connectivity index (χ3n) is 2.60. The number of carbonyl (C=O) groups excluding carboxylic acids is 2. The predicted molar refractivity (Wildman–Crippen MR) is 74.3 cm³/mol. The van der Waals surface area contributed by atoms with Crippen LogP contribution in [0, 0.1) is 0 Å². The fourth-order valence-electron chi connectivity index (χ4n) is 1.51. The summed E-state index contributed by atoms with van der Waals surface area (Å²) in [6.07, 6.45) is -0.796. The Morgan fingerprint density at radius 3 is 2.63 bits per heavy atom. The number of hydrogen-bond donors (Lipinski definition) is 1. The molecule has 1 aromatic rings. The molecule has 0 aliphatic carbocycles. The molecule has 1 amide bonds. The molecule has 0 radical (unpaired) electrons. The molecule has 1 atom stereocenters. The lowest BCUT2D eigenvalue weighted by molar-refractivity contribution is -0.128. The standard InChI is InChI=1S/C14H20N2O3/c1-5-15-13(17)10(2)19-14(18)11-7-6-8-12(9-11)16(3)4/h6-10H,5H2,1-4H3,(H,15,17)/t10-/m1/s1. The van der Waals surface area contributed by atoms with Crippen molar-refractivity contribution in [1.29, 1.82) is 0 Å². The van der Waals surface area contributed by atoms with Crippen LogP contribution in [0.4, 0.5) is 5.69 Å². The van der Waals surface area contributed by atoms with Gasteiger partial charge < -0.3 is 15.0 Å². The molecule has 0 bridgehead atoms. The van der Waals surface area contributed by atoms with Gasteiger partial charge in [0, 0.05) is 26.3 Å². The molecular formula is C14H20N2O3. The fraction of sp³-hybridized carbons (Fsp3) is 0.429. The van der Waals surface area contributed by atoms with Gasteiger partial charge in [0.25, 0.3) is 5.91 Å². The average molecular weight is 264 g/mol. The lowest BCUT2D eigenvalue weighted by Gasteiger charge is -2.15. The van der Waals surface area contributed by atoms with E-state index < -0.39 is 12.1 Å². The number of amides is 1. The zero-order chi connectivity index (χ0) is 14.4. The molecule has 0 aliphatic rings. The number of esters is 1. The first kappa shape index (κ1) is 15.0. The molecule has 19 heavy (non-hydrogen) atoms. The molecular weight excluding hydrogens is 244 g/mol. The Hall–Kier alpha value is -2.04. The topological polar surface area (TPSA) is 58.6 Å². The van der Waals surface area contributed by atoms with Crippen molar-refractivity contribution in [3.05, 3.63) is 29.8 Å². The maximum atomic E-state index is 11.9. The summed E-state index contributed by atoms with van der Waals surface area (Å²) < 4.78 is 5.12. The lowest BCUT2D eigenvalue weighted by atomic mass is 10.2. The lowest BCUT2D eigenvalue weighted by Crippen LogP contribution is -2.35. The first-order valence-corrected chi connectivity index (χ1v) is 6.21. The zero-order valence-electron chi connectivity index (χ0n) is 11.8. The summed E-state index contributed by atoms with van der Waals surface area (Å²) >= 11 is 0. The van der Waals surface area contributed by atoms with Gasteiger partial charge in [-0.2, -0.15) is 0 Å². The summed E-state index contributed by atoms with van der Waals surface area (Å²) in [6, 6.07) is 7.07. The number of hydrogen-bond acceptors (Lipinski definition) is 4. The Bertz CT molecular complexity index is 458. The second-order valence-electron chi connectivity index (χ2n) is 4.39. The fourth-order valence-corrected chi connectivity index (χ4v) is 1.51. The van der Waals surface area contributed by atoms with Gasteiger partial charge in [-0.25, -0.2) is 4.79 Å². The molecule has 0 aliphatic heterocycles. The van der Waals surface area contributed by atoms with E-state index in [1.54, 1.807) is 25.1 Å². The Labute approximate surface area is 113 Å². The second-order valence-corrected chi connectivity index (χ2v) is 4.39. The predicted octanol–water partition coefficient (Wildman–Crippen LogP) is 1.43. The normalized spacial score (nSPS) is 11.6. The van der Waals surface area contributed by atoms with Crippen LogP contribution in [0.25, 0.3) is 0 Å². The van der Waals surface area contributed by atoms with E-state index in [1.165, 1.54) is 0 Å². The highest BCUT2D eigenvalue weighted by molar-refractivity contribution is 5.93. The number of ether oxygens (including phenoxy) is 1. The SMILES string of the molecule is CCNC(=O)[C@@H](C)OC(=O)c1cccc(N(C)C)c1. The van der Waals surface area contributed by atoms with Crippen molar-refractivity contribution in [2.45, 2.75) is 20.0 Å². The Balaban J connectivity index is 2.73. The highest BCUT2D eigenvalue weighted by Gasteiger charge is 2.18. The van der Waals surface area contributed by atoms with Crippen molar-refractivity contribution in [3.8, 4) is 0 Å². The van der Waals surface area contributed by atoms with Crippen molar-refractivity contribution in [2.75, 3.05) is 25.5 Å². The van der Waals surface area contributed by atoms with Crippen molar-refractivity contribution >= 4 is 17.6 Å². The Kier molecular flexibility index (Phi) is 5.36. The Morgan fingerprint density at radius 2 is 2.05 bits per heavy atom. The van der Waals surface area contributed by atoms with Crippen LogP contribution < -0.4 is 10.2 Å². The van der Waals surface area contributed by atoms with E-state index in [9.17, 15) is 9.59 Å². The molecule has 0 saturated carbocycles. The van der Waals surface area contributed by atoms with Crippen LogP contribution in [-0.4, -0.2) is 38.6 Å². The van der Waals surface area contributed by atoms with Crippen LogP contribution in [0.2, 0.25) is 0 Å². The van der Waals surface area contributed by atoms with E-state index in [-0.39, 0.29) is 5.91 Å². The minimum atomic E-state index is -0.796. The summed E-state index contributed by atoms with van der Waals surface area (Å²) in [5, 5.41) is 2.61. The van der Waals surface area contributed by atoms with Crippen molar-refractivity contribution < 1.29 is 14.3 Å². The van der Waals surface area contributed by atoms with Gasteiger partial charge in [0.05, 0.1) is 5.56 Å². The van der Waals surface area contributed by atoms with Gasteiger partial charge in [0.15, 0.2) is 6.10 Å². The number of rotatable bonds is 5. The first-order chi connectivity index (χ1) is 8.95. The van der Waals surface area contributed by atoms with Crippen molar-refractivity contribution in [3.63, 3.8) is 0 Å². The van der Waals surface area contributed by atoms with E-state index in [2.05, 4.69) is 5.32 Å². The summed E-state index contributed by atoms with van der Waals surface area (Å²) in [6.45, 7) is 3.88. The number of benzene rings is 1. The van der Waals surface area contributed by atoms with Crippen LogP contribution >= 0.6 is 0 Å². The van der Waals surface area contributed by atoms with E-state index in [0.717, 1.165) is 5.69 Å².